The van der Waals surface area contributed by atoms with E-state index in [4.69, 9.17) is 9.15 Å². The van der Waals surface area contributed by atoms with E-state index in [9.17, 15) is 0 Å². The number of hydrogen-bond donors (Lipinski definition) is 2. The Hall–Kier alpha value is -1.75. The summed E-state index contributed by atoms with van der Waals surface area (Å²) < 4.78 is 11.1. The predicted octanol–water partition coefficient (Wildman–Crippen LogP) is 2.11. The third-order valence-corrected chi connectivity index (χ3v) is 3.53. The first-order chi connectivity index (χ1) is 10.2. The van der Waals surface area contributed by atoms with Crippen molar-refractivity contribution >= 4 is 5.96 Å². The van der Waals surface area contributed by atoms with Crippen LogP contribution in [0.1, 0.15) is 25.5 Å². The second-order valence-electron chi connectivity index (χ2n) is 5.49. The van der Waals surface area contributed by atoms with Crippen LogP contribution >= 0.6 is 0 Å². The molecule has 5 nitrogen and oxygen atoms in total. The van der Waals surface area contributed by atoms with Crippen molar-refractivity contribution in [2.24, 2.45) is 4.99 Å². The van der Waals surface area contributed by atoms with Gasteiger partial charge in [-0.1, -0.05) is 6.08 Å². The largest absolute Gasteiger partial charge is 0.469 e. The van der Waals surface area contributed by atoms with Crippen LogP contribution in [0.5, 0.6) is 0 Å². The maximum absolute atomic E-state index is 5.76. The summed E-state index contributed by atoms with van der Waals surface area (Å²) in [6.07, 6.45) is 6.52. The van der Waals surface area contributed by atoms with Crippen molar-refractivity contribution in [3.63, 3.8) is 0 Å². The number of aliphatic imine (C=N–C) groups is 1. The lowest BCUT2D eigenvalue weighted by atomic mass is 10.0. The van der Waals surface area contributed by atoms with Gasteiger partial charge in [-0.05, 0) is 31.9 Å². The Morgan fingerprint density at radius 2 is 2.43 bits per heavy atom. The lowest BCUT2D eigenvalue weighted by Gasteiger charge is -2.21. The fourth-order valence-electron chi connectivity index (χ4n) is 2.31. The second kappa shape index (κ2) is 7.88. The summed E-state index contributed by atoms with van der Waals surface area (Å²) in [5.74, 6) is 1.76. The van der Waals surface area contributed by atoms with E-state index in [1.165, 1.54) is 0 Å². The number of nitrogens with zero attached hydrogens (tertiary/aromatic N) is 1. The highest BCUT2D eigenvalue weighted by Crippen LogP contribution is 2.24. The molecule has 1 aromatic heterocycles. The van der Waals surface area contributed by atoms with E-state index in [0.29, 0.717) is 13.1 Å². The number of ether oxygens (including phenoxy) is 1. The van der Waals surface area contributed by atoms with Gasteiger partial charge < -0.3 is 19.8 Å². The summed E-state index contributed by atoms with van der Waals surface area (Å²) in [5.41, 5.74) is -0.121. The van der Waals surface area contributed by atoms with Gasteiger partial charge in [0.1, 0.15) is 5.76 Å². The summed E-state index contributed by atoms with van der Waals surface area (Å²) in [6, 6.07) is 3.88. The third-order valence-electron chi connectivity index (χ3n) is 3.53. The lowest BCUT2D eigenvalue weighted by molar-refractivity contribution is 0.0283. The molecular weight excluding hydrogens is 266 g/mol. The SMILES string of the molecule is C=CCNC(=NCC1(C)CCCO1)NCCc1ccco1. The molecule has 0 aromatic carbocycles. The van der Waals surface area contributed by atoms with Gasteiger partial charge in [0.2, 0.25) is 0 Å². The highest BCUT2D eigenvalue weighted by molar-refractivity contribution is 5.79. The average molecular weight is 291 g/mol. The molecule has 0 amide bonds. The minimum Gasteiger partial charge on any atom is -0.469 e. The van der Waals surface area contributed by atoms with Gasteiger partial charge in [-0.15, -0.1) is 6.58 Å². The standard InChI is InChI=1S/C16H25N3O2/c1-3-9-17-15(18-10-7-14-6-4-11-20-14)19-13-16(2)8-5-12-21-16/h3-4,6,11H,1,5,7-10,12-13H2,2H3,(H2,17,18,19). The van der Waals surface area contributed by atoms with Gasteiger partial charge in [-0.3, -0.25) is 4.99 Å². The maximum Gasteiger partial charge on any atom is 0.191 e. The van der Waals surface area contributed by atoms with Gasteiger partial charge in [0, 0.05) is 26.1 Å². The maximum atomic E-state index is 5.76. The predicted molar refractivity (Wildman–Crippen MR) is 84.5 cm³/mol. The van der Waals surface area contributed by atoms with E-state index in [2.05, 4.69) is 29.1 Å². The Morgan fingerprint density at radius 1 is 1.52 bits per heavy atom. The summed E-state index contributed by atoms with van der Waals surface area (Å²) in [6.45, 7) is 8.81. The second-order valence-corrected chi connectivity index (χ2v) is 5.49. The quantitative estimate of drug-likeness (QED) is 0.459. The van der Waals surface area contributed by atoms with Crippen molar-refractivity contribution in [3.05, 3.63) is 36.8 Å². The Morgan fingerprint density at radius 3 is 3.10 bits per heavy atom. The fourth-order valence-corrected chi connectivity index (χ4v) is 2.31. The van der Waals surface area contributed by atoms with E-state index in [1.807, 2.05) is 18.2 Å². The van der Waals surface area contributed by atoms with Gasteiger partial charge >= 0.3 is 0 Å². The van der Waals surface area contributed by atoms with Crippen LogP contribution in [0.4, 0.5) is 0 Å². The highest BCUT2D eigenvalue weighted by atomic mass is 16.5. The molecule has 2 rings (SSSR count). The Bertz CT molecular complexity index is 448. The smallest absolute Gasteiger partial charge is 0.191 e. The van der Waals surface area contributed by atoms with Gasteiger partial charge in [0.05, 0.1) is 18.4 Å². The molecule has 21 heavy (non-hydrogen) atoms. The van der Waals surface area contributed by atoms with Crippen molar-refractivity contribution in [1.29, 1.82) is 0 Å². The molecule has 1 aliphatic rings. The number of hydrogen-bond acceptors (Lipinski definition) is 3. The third kappa shape index (κ3) is 5.27. The zero-order valence-electron chi connectivity index (χ0n) is 12.7. The van der Waals surface area contributed by atoms with Crippen LogP contribution in [0.15, 0.2) is 40.5 Å². The molecular formula is C16H25N3O2. The first-order valence-electron chi connectivity index (χ1n) is 7.51. The van der Waals surface area contributed by atoms with Crippen LogP contribution in [0, 0.1) is 0 Å². The van der Waals surface area contributed by atoms with Gasteiger partial charge in [0.15, 0.2) is 5.96 Å². The van der Waals surface area contributed by atoms with E-state index < -0.39 is 0 Å². The summed E-state index contributed by atoms with van der Waals surface area (Å²) >= 11 is 0. The van der Waals surface area contributed by atoms with Crippen molar-refractivity contribution < 1.29 is 9.15 Å². The van der Waals surface area contributed by atoms with E-state index >= 15 is 0 Å². The summed E-state index contributed by atoms with van der Waals surface area (Å²) in [7, 11) is 0. The molecule has 1 aromatic rings. The van der Waals surface area contributed by atoms with Crippen molar-refractivity contribution in [1.82, 2.24) is 10.6 Å². The summed E-state index contributed by atoms with van der Waals surface area (Å²) in [5, 5.41) is 6.53. The van der Waals surface area contributed by atoms with Crippen LogP contribution in [0.2, 0.25) is 0 Å². The number of rotatable bonds is 7. The molecule has 1 unspecified atom stereocenters. The molecule has 116 valence electrons. The minimum absolute atomic E-state index is 0.121. The topological polar surface area (TPSA) is 58.8 Å². The van der Waals surface area contributed by atoms with Crippen LogP contribution < -0.4 is 10.6 Å². The van der Waals surface area contributed by atoms with Crippen LogP contribution in [-0.4, -0.2) is 37.8 Å². The first kappa shape index (κ1) is 15.6. The monoisotopic (exact) mass is 291 g/mol. The van der Waals surface area contributed by atoms with Crippen molar-refractivity contribution in [2.75, 3.05) is 26.2 Å². The van der Waals surface area contributed by atoms with Gasteiger partial charge in [-0.2, -0.15) is 0 Å². The Balaban J connectivity index is 1.82. The van der Waals surface area contributed by atoms with Gasteiger partial charge in [0.25, 0.3) is 0 Å². The molecule has 1 aliphatic heterocycles. The van der Waals surface area contributed by atoms with E-state index in [0.717, 1.165) is 44.1 Å². The molecule has 1 fully saturated rings. The molecule has 0 saturated carbocycles. The van der Waals surface area contributed by atoms with Gasteiger partial charge in [-0.25, -0.2) is 0 Å². The van der Waals surface area contributed by atoms with Crippen molar-refractivity contribution in [2.45, 2.75) is 31.8 Å². The van der Waals surface area contributed by atoms with Crippen LogP contribution in [0.25, 0.3) is 0 Å². The number of nitrogens with one attached hydrogen (secondary N) is 2. The molecule has 1 atom stereocenters. The first-order valence-corrected chi connectivity index (χ1v) is 7.51. The molecule has 0 aliphatic carbocycles. The Kier molecular flexibility index (Phi) is 5.87. The summed E-state index contributed by atoms with van der Waals surface area (Å²) in [4.78, 5) is 4.62. The molecule has 5 heteroatoms. The number of guanidine groups is 1. The Labute approximate surface area is 126 Å². The zero-order valence-corrected chi connectivity index (χ0v) is 12.7. The molecule has 0 radical (unpaired) electrons. The highest BCUT2D eigenvalue weighted by Gasteiger charge is 2.29. The van der Waals surface area contributed by atoms with E-state index in [1.54, 1.807) is 6.26 Å². The molecule has 0 bridgehead atoms. The van der Waals surface area contributed by atoms with Crippen LogP contribution in [0.3, 0.4) is 0 Å². The van der Waals surface area contributed by atoms with Crippen molar-refractivity contribution in [3.8, 4) is 0 Å². The lowest BCUT2D eigenvalue weighted by Crippen LogP contribution is -2.40. The average Bonchev–Trinajstić information content (AvgIpc) is 3.13. The molecule has 2 N–H and O–H groups in total. The minimum atomic E-state index is -0.121. The number of furan rings is 1. The van der Waals surface area contributed by atoms with Crippen LogP contribution in [-0.2, 0) is 11.2 Å². The fraction of sp³-hybridized carbons (Fsp3) is 0.562. The zero-order chi connectivity index (χ0) is 15.0. The molecule has 1 saturated heterocycles. The normalized spacial score (nSPS) is 22.2. The molecule has 0 spiro atoms. The molecule has 2 heterocycles. The van der Waals surface area contributed by atoms with E-state index in [-0.39, 0.29) is 5.60 Å².